The molecule has 0 fully saturated rings. The average Bonchev–Trinajstić information content (AvgIpc) is 3.29. The van der Waals surface area contributed by atoms with Crippen molar-refractivity contribution >= 4 is 17.9 Å². The van der Waals surface area contributed by atoms with Crippen LogP contribution < -0.4 is 0 Å². The first-order chi connectivity index (χ1) is 31.5. The van der Waals surface area contributed by atoms with E-state index in [0.717, 1.165) is 103 Å². The third-order valence-corrected chi connectivity index (χ3v) is 10.6. The summed E-state index contributed by atoms with van der Waals surface area (Å²) in [6, 6.07) is 0. The lowest BCUT2D eigenvalue weighted by Crippen LogP contribution is -2.30. The van der Waals surface area contributed by atoms with Crippen molar-refractivity contribution in [2.75, 3.05) is 13.2 Å². The van der Waals surface area contributed by atoms with E-state index in [9.17, 15) is 14.4 Å². The van der Waals surface area contributed by atoms with E-state index >= 15 is 0 Å². The van der Waals surface area contributed by atoms with Crippen molar-refractivity contribution in [2.24, 2.45) is 0 Å². The molecule has 0 amide bonds. The predicted molar refractivity (Wildman–Crippen MR) is 274 cm³/mol. The lowest BCUT2D eigenvalue weighted by molar-refractivity contribution is -0.167. The van der Waals surface area contributed by atoms with Crippen LogP contribution in [0.4, 0.5) is 0 Å². The standard InChI is InChI=1S/C58H94O6/c1-4-7-10-13-16-19-22-25-28-29-31-33-36-39-42-45-48-51-57(60)63-54-55(53-62-56(59)50-47-44-41-38-35-32-27-24-21-18-15-12-9-6-3)64-58(61)52-49-46-43-40-37-34-30-26-23-20-17-14-11-8-5-2/h8,11,14,16-17,19-20,23,25-26,28,30-33,35,39,42,55H,4-7,9-10,12-13,15,18,21-22,24,27,29,34,36-38,40-41,43-54H2,1-3H3/b11-8-,17-14-,19-16-,23-20-,28-25-,30-26-,33-31-,35-32-,42-39-. The molecule has 0 saturated heterocycles. The van der Waals surface area contributed by atoms with Crippen molar-refractivity contribution in [1.82, 2.24) is 0 Å². The van der Waals surface area contributed by atoms with Crippen LogP contribution in [-0.2, 0) is 28.6 Å². The zero-order chi connectivity index (χ0) is 46.5. The molecule has 0 heterocycles. The van der Waals surface area contributed by atoms with E-state index in [1.165, 1.54) is 70.6 Å². The van der Waals surface area contributed by atoms with Gasteiger partial charge in [0, 0.05) is 19.3 Å². The Kier molecular flexibility index (Phi) is 48.5. The summed E-state index contributed by atoms with van der Waals surface area (Å²) in [6.45, 7) is 6.37. The van der Waals surface area contributed by atoms with E-state index < -0.39 is 6.10 Å². The minimum atomic E-state index is -0.820. The second-order valence-electron chi connectivity index (χ2n) is 16.8. The van der Waals surface area contributed by atoms with Gasteiger partial charge in [-0.1, -0.05) is 207 Å². The molecule has 6 heteroatoms. The maximum absolute atomic E-state index is 12.8. The summed E-state index contributed by atoms with van der Waals surface area (Å²) < 4.78 is 16.7. The van der Waals surface area contributed by atoms with Gasteiger partial charge in [-0.15, -0.1) is 0 Å². The molecular weight excluding hydrogens is 793 g/mol. The number of ether oxygens (including phenoxy) is 3. The number of carbonyl (C=O) groups excluding carboxylic acids is 3. The van der Waals surface area contributed by atoms with Gasteiger partial charge in [0.05, 0.1) is 0 Å². The molecule has 362 valence electrons. The minimum Gasteiger partial charge on any atom is -0.462 e. The molecule has 0 radical (unpaired) electrons. The summed E-state index contributed by atoms with van der Waals surface area (Å²) >= 11 is 0. The van der Waals surface area contributed by atoms with Gasteiger partial charge in [-0.2, -0.15) is 0 Å². The predicted octanol–water partition coefficient (Wildman–Crippen LogP) is 17.1. The molecule has 0 rings (SSSR count). The molecule has 0 spiro atoms. The van der Waals surface area contributed by atoms with Crippen molar-refractivity contribution in [3.8, 4) is 0 Å². The summed E-state index contributed by atoms with van der Waals surface area (Å²) in [5, 5.41) is 0. The highest BCUT2D eigenvalue weighted by Gasteiger charge is 2.19. The molecule has 0 aliphatic carbocycles. The Labute approximate surface area is 393 Å². The van der Waals surface area contributed by atoms with Crippen LogP contribution in [0.2, 0.25) is 0 Å². The smallest absolute Gasteiger partial charge is 0.306 e. The molecule has 0 N–H and O–H groups in total. The number of hydrogen-bond acceptors (Lipinski definition) is 6. The van der Waals surface area contributed by atoms with Crippen LogP contribution >= 0.6 is 0 Å². The van der Waals surface area contributed by atoms with Crippen molar-refractivity contribution in [3.05, 3.63) is 109 Å². The third kappa shape index (κ3) is 49.1. The second kappa shape index (κ2) is 51.7. The summed E-state index contributed by atoms with van der Waals surface area (Å²) in [5.74, 6) is -1.02. The van der Waals surface area contributed by atoms with Crippen LogP contribution in [0.5, 0.6) is 0 Å². The fourth-order valence-electron chi connectivity index (χ4n) is 6.67. The molecule has 0 aromatic carbocycles. The number of esters is 3. The fraction of sp³-hybridized carbons (Fsp3) is 0.638. The Bertz CT molecular complexity index is 1340. The largest absolute Gasteiger partial charge is 0.462 e. The number of carbonyl (C=O) groups is 3. The highest BCUT2D eigenvalue weighted by atomic mass is 16.6. The van der Waals surface area contributed by atoms with E-state index in [0.29, 0.717) is 12.8 Å². The first-order valence-electron chi connectivity index (χ1n) is 25.9. The zero-order valence-corrected chi connectivity index (χ0v) is 41.3. The maximum Gasteiger partial charge on any atom is 0.306 e. The van der Waals surface area contributed by atoms with Gasteiger partial charge in [-0.25, -0.2) is 0 Å². The molecular formula is C58H94O6. The van der Waals surface area contributed by atoms with Crippen LogP contribution in [0.1, 0.15) is 220 Å². The quantitative estimate of drug-likeness (QED) is 0.0199. The highest BCUT2D eigenvalue weighted by molar-refractivity contribution is 5.71. The molecule has 6 nitrogen and oxygen atoms in total. The van der Waals surface area contributed by atoms with E-state index in [-0.39, 0.29) is 44.0 Å². The van der Waals surface area contributed by atoms with Crippen molar-refractivity contribution in [1.29, 1.82) is 0 Å². The average molecular weight is 887 g/mol. The molecule has 0 aromatic rings. The Morgan fingerprint density at radius 2 is 0.688 bits per heavy atom. The zero-order valence-electron chi connectivity index (χ0n) is 41.3. The molecule has 64 heavy (non-hydrogen) atoms. The van der Waals surface area contributed by atoms with E-state index in [4.69, 9.17) is 14.2 Å². The van der Waals surface area contributed by atoms with Crippen LogP contribution in [0, 0.1) is 0 Å². The summed E-state index contributed by atoms with van der Waals surface area (Å²) in [6.07, 6.45) is 69.3. The monoisotopic (exact) mass is 887 g/mol. The fourth-order valence-corrected chi connectivity index (χ4v) is 6.67. The molecule has 1 unspecified atom stereocenters. The highest BCUT2D eigenvalue weighted by Crippen LogP contribution is 2.12. The molecule has 0 aliphatic heterocycles. The van der Waals surface area contributed by atoms with Gasteiger partial charge < -0.3 is 14.2 Å². The van der Waals surface area contributed by atoms with Gasteiger partial charge in [0.15, 0.2) is 6.10 Å². The van der Waals surface area contributed by atoms with Gasteiger partial charge in [0.2, 0.25) is 0 Å². The van der Waals surface area contributed by atoms with Gasteiger partial charge in [-0.05, 0) is 103 Å². The molecule has 0 bridgehead atoms. The molecule has 0 aromatic heterocycles. The van der Waals surface area contributed by atoms with Crippen molar-refractivity contribution in [2.45, 2.75) is 226 Å². The normalized spacial score (nSPS) is 13.0. The topological polar surface area (TPSA) is 78.9 Å². The molecule has 1 atom stereocenters. The first-order valence-corrected chi connectivity index (χ1v) is 25.9. The lowest BCUT2D eigenvalue weighted by Gasteiger charge is -2.18. The summed E-state index contributed by atoms with van der Waals surface area (Å²) in [5.41, 5.74) is 0. The van der Waals surface area contributed by atoms with E-state index in [2.05, 4.69) is 106 Å². The van der Waals surface area contributed by atoms with Crippen molar-refractivity contribution in [3.63, 3.8) is 0 Å². The van der Waals surface area contributed by atoms with Crippen LogP contribution in [0.25, 0.3) is 0 Å². The van der Waals surface area contributed by atoms with Gasteiger partial charge in [0.1, 0.15) is 13.2 Å². The summed E-state index contributed by atoms with van der Waals surface area (Å²) in [7, 11) is 0. The Hall–Kier alpha value is -3.93. The lowest BCUT2D eigenvalue weighted by atomic mass is 10.1. The van der Waals surface area contributed by atoms with Crippen LogP contribution in [0.3, 0.4) is 0 Å². The molecule has 0 saturated carbocycles. The number of allylic oxidation sites excluding steroid dienone is 18. The van der Waals surface area contributed by atoms with E-state index in [1.54, 1.807) is 0 Å². The first kappa shape index (κ1) is 60.1. The second-order valence-corrected chi connectivity index (χ2v) is 16.8. The van der Waals surface area contributed by atoms with Gasteiger partial charge >= 0.3 is 17.9 Å². The van der Waals surface area contributed by atoms with E-state index in [1.807, 2.05) is 24.3 Å². The van der Waals surface area contributed by atoms with Gasteiger partial charge in [0.25, 0.3) is 0 Å². The van der Waals surface area contributed by atoms with Gasteiger partial charge in [-0.3, -0.25) is 14.4 Å². The third-order valence-electron chi connectivity index (χ3n) is 10.6. The maximum atomic E-state index is 12.8. The number of hydrogen-bond donors (Lipinski definition) is 0. The Morgan fingerprint density at radius 3 is 1.22 bits per heavy atom. The Balaban J connectivity index is 4.55. The Morgan fingerprint density at radius 1 is 0.344 bits per heavy atom. The van der Waals surface area contributed by atoms with Crippen LogP contribution in [0.15, 0.2) is 109 Å². The number of unbranched alkanes of at least 4 members (excludes halogenated alkanes) is 19. The SMILES string of the molecule is CC\C=C/C=C\C=C/C=C\CCCCCCCC(=O)OC(COC(=O)CCC/C=C\C/C=C\C/C=C\C/C=C\CCCCC)COC(=O)CCCCC/C=C\CCCCCCCCC. The van der Waals surface area contributed by atoms with Crippen LogP contribution in [-0.4, -0.2) is 37.2 Å². The summed E-state index contributed by atoms with van der Waals surface area (Å²) in [4.78, 5) is 38.0. The minimum absolute atomic E-state index is 0.115. The molecule has 0 aliphatic rings. The van der Waals surface area contributed by atoms with Crippen molar-refractivity contribution < 1.29 is 28.6 Å². The number of rotatable bonds is 45.